The van der Waals surface area contributed by atoms with E-state index in [0.717, 1.165) is 0 Å². The van der Waals surface area contributed by atoms with Gasteiger partial charge in [0.1, 0.15) is 12.2 Å². The first-order chi connectivity index (χ1) is 13.0. The van der Waals surface area contributed by atoms with E-state index in [2.05, 4.69) is 9.05 Å². The standard InChI is InChI=1S/C13H30O13P2/c1-10(2)22-7-11(8-23-27(18,19)25-12(3-14)4-15)9-24-28(20,21)26-13(5-16)6-17/h10-17H,3-9H2,1-2H3,(H,18,19)(H,20,21). The van der Waals surface area contributed by atoms with Gasteiger partial charge in [-0.05, 0) is 13.8 Å². The van der Waals surface area contributed by atoms with Crippen molar-refractivity contribution in [1.29, 1.82) is 0 Å². The van der Waals surface area contributed by atoms with Gasteiger partial charge in [0.05, 0.1) is 52.4 Å². The Kier molecular flexibility index (Phi) is 14.1. The van der Waals surface area contributed by atoms with Gasteiger partial charge in [0.2, 0.25) is 0 Å². The minimum Gasteiger partial charge on any atom is -0.394 e. The number of ether oxygens (including phenoxy) is 1. The lowest BCUT2D eigenvalue weighted by Gasteiger charge is -2.23. The number of aliphatic hydroxyl groups is 4. The number of phosphoric acid groups is 2. The molecule has 2 unspecified atom stereocenters. The fourth-order valence-electron chi connectivity index (χ4n) is 1.56. The van der Waals surface area contributed by atoms with E-state index in [0.29, 0.717) is 0 Å². The maximum Gasteiger partial charge on any atom is 0.472 e. The molecule has 0 aliphatic heterocycles. The lowest BCUT2D eigenvalue weighted by molar-refractivity contribution is -0.00838. The fraction of sp³-hybridized carbons (Fsp3) is 1.00. The van der Waals surface area contributed by atoms with Crippen molar-refractivity contribution in [2.45, 2.75) is 32.2 Å². The Hall–Kier alpha value is 0.0200. The summed E-state index contributed by atoms with van der Waals surface area (Å²) in [4.78, 5) is 19.2. The Morgan fingerprint density at radius 3 is 1.36 bits per heavy atom. The van der Waals surface area contributed by atoms with Crippen LogP contribution in [0.4, 0.5) is 0 Å². The van der Waals surface area contributed by atoms with Gasteiger partial charge < -0.3 is 34.9 Å². The van der Waals surface area contributed by atoms with E-state index < -0.39 is 73.4 Å². The van der Waals surface area contributed by atoms with Crippen LogP contribution in [0.2, 0.25) is 0 Å². The van der Waals surface area contributed by atoms with Gasteiger partial charge in [-0.2, -0.15) is 0 Å². The summed E-state index contributed by atoms with van der Waals surface area (Å²) >= 11 is 0. The van der Waals surface area contributed by atoms with Gasteiger partial charge in [0.25, 0.3) is 0 Å². The van der Waals surface area contributed by atoms with Crippen molar-refractivity contribution in [1.82, 2.24) is 0 Å². The summed E-state index contributed by atoms with van der Waals surface area (Å²) in [5, 5.41) is 35.5. The maximum absolute atomic E-state index is 11.8. The van der Waals surface area contributed by atoms with Gasteiger partial charge in [-0.3, -0.25) is 18.1 Å². The summed E-state index contributed by atoms with van der Waals surface area (Å²) in [5.74, 6) is -0.807. The molecule has 0 saturated heterocycles. The molecule has 28 heavy (non-hydrogen) atoms. The molecular formula is C13H30O13P2. The van der Waals surface area contributed by atoms with Crippen molar-refractivity contribution in [2.75, 3.05) is 46.2 Å². The highest BCUT2D eigenvalue weighted by Crippen LogP contribution is 2.46. The molecule has 6 N–H and O–H groups in total. The predicted molar refractivity (Wildman–Crippen MR) is 94.2 cm³/mol. The van der Waals surface area contributed by atoms with Crippen LogP contribution in [0.3, 0.4) is 0 Å². The Morgan fingerprint density at radius 1 is 0.714 bits per heavy atom. The summed E-state index contributed by atoms with van der Waals surface area (Å²) in [6, 6.07) is 0. The van der Waals surface area contributed by atoms with E-state index in [9.17, 15) is 18.9 Å². The molecule has 0 fully saturated rings. The van der Waals surface area contributed by atoms with E-state index in [1.165, 1.54) is 0 Å². The normalized spacial score (nSPS) is 17.8. The lowest BCUT2D eigenvalue weighted by Crippen LogP contribution is -2.26. The minimum absolute atomic E-state index is 0.0788. The fourth-order valence-corrected chi connectivity index (χ4v) is 3.50. The molecular weight excluding hydrogens is 426 g/mol. The average molecular weight is 456 g/mol. The zero-order chi connectivity index (χ0) is 21.8. The molecule has 0 aliphatic carbocycles. The van der Waals surface area contributed by atoms with Crippen molar-refractivity contribution in [3.05, 3.63) is 0 Å². The zero-order valence-corrected chi connectivity index (χ0v) is 17.5. The van der Waals surface area contributed by atoms with Crippen LogP contribution in [0.15, 0.2) is 0 Å². The highest BCUT2D eigenvalue weighted by molar-refractivity contribution is 7.47. The van der Waals surface area contributed by atoms with Gasteiger partial charge in [-0.25, -0.2) is 9.13 Å². The first kappa shape index (κ1) is 28.0. The van der Waals surface area contributed by atoms with Crippen molar-refractivity contribution >= 4 is 15.6 Å². The summed E-state index contributed by atoms with van der Waals surface area (Å²) in [6.07, 6.45) is -2.87. The second-order valence-corrected chi connectivity index (χ2v) is 8.77. The van der Waals surface area contributed by atoms with Crippen LogP contribution in [0.25, 0.3) is 0 Å². The van der Waals surface area contributed by atoms with Crippen LogP contribution in [0.5, 0.6) is 0 Å². The topological polar surface area (TPSA) is 202 Å². The molecule has 0 saturated carbocycles. The molecule has 0 heterocycles. The summed E-state index contributed by atoms with van der Waals surface area (Å²) in [7, 11) is -9.28. The zero-order valence-electron chi connectivity index (χ0n) is 15.7. The van der Waals surface area contributed by atoms with Gasteiger partial charge in [-0.1, -0.05) is 0 Å². The van der Waals surface area contributed by atoms with Crippen molar-refractivity contribution in [2.24, 2.45) is 5.92 Å². The molecule has 0 rings (SSSR count). The third kappa shape index (κ3) is 13.3. The molecule has 0 radical (unpaired) electrons. The van der Waals surface area contributed by atoms with Gasteiger partial charge in [0.15, 0.2) is 0 Å². The molecule has 0 bridgehead atoms. The smallest absolute Gasteiger partial charge is 0.394 e. The number of hydrogen-bond donors (Lipinski definition) is 6. The molecule has 13 nitrogen and oxygen atoms in total. The number of hydrogen-bond acceptors (Lipinski definition) is 11. The quantitative estimate of drug-likeness (QED) is 0.146. The minimum atomic E-state index is -4.64. The van der Waals surface area contributed by atoms with Crippen LogP contribution >= 0.6 is 15.6 Å². The molecule has 15 heteroatoms. The third-order valence-electron chi connectivity index (χ3n) is 2.99. The molecule has 0 aromatic rings. The van der Waals surface area contributed by atoms with Crippen molar-refractivity contribution in [3.63, 3.8) is 0 Å². The van der Waals surface area contributed by atoms with E-state index in [-0.39, 0.29) is 12.7 Å². The van der Waals surface area contributed by atoms with E-state index in [1.54, 1.807) is 13.8 Å². The SMILES string of the molecule is CC(C)OCC(COP(=O)(O)OC(CO)CO)COP(=O)(O)OC(CO)CO. The summed E-state index contributed by atoms with van der Waals surface area (Å²) in [6.45, 7) is -0.473. The molecule has 0 aliphatic rings. The average Bonchev–Trinajstić information content (AvgIpc) is 2.63. The second-order valence-electron chi connectivity index (χ2n) is 5.96. The molecule has 170 valence electrons. The number of rotatable bonds is 17. The Balaban J connectivity index is 4.81. The Bertz CT molecular complexity index is 457. The van der Waals surface area contributed by atoms with Crippen LogP contribution in [0, 0.1) is 5.92 Å². The largest absolute Gasteiger partial charge is 0.472 e. The van der Waals surface area contributed by atoms with Crippen LogP contribution in [0.1, 0.15) is 13.8 Å². The van der Waals surface area contributed by atoms with E-state index in [1.807, 2.05) is 0 Å². The molecule has 0 spiro atoms. The maximum atomic E-state index is 11.8. The van der Waals surface area contributed by atoms with Gasteiger partial charge in [-0.15, -0.1) is 0 Å². The van der Waals surface area contributed by atoms with Crippen LogP contribution < -0.4 is 0 Å². The summed E-state index contributed by atoms with van der Waals surface area (Å²) in [5.41, 5.74) is 0. The molecule has 0 amide bonds. The number of phosphoric ester groups is 2. The van der Waals surface area contributed by atoms with Gasteiger partial charge >= 0.3 is 15.6 Å². The van der Waals surface area contributed by atoms with Crippen molar-refractivity contribution in [3.8, 4) is 0 Å². The second kappa shape index (κ2) is 14.1. The first-order valence-corrected chi connectivity index (χ1v) is 11.3. The molecule has 2 atom stereocenters. The highest BCUT2D eigenvalue weighted by Gasteiger charge is 2.31. The Labute approximate surface area is 163 Å². The first-order valence-electron chi connectivity index (χ1n) is 8.35. The van der Waals surface area contributed by atoms with E-state index in [4.69, 9.17) is 34.2 Å². The third-order valence-corrected chi connectivity index (χ3v) is 5.07. The summed E-state index contributed by atoms with van der Waals surface area (Å²) < 4.78 is 47.6. The Morgan fingerprint density at radius 2 is 1.07 bits per heavy atom. The molecule has 0 aromatic carbocycles. The van der Waals surface area contributed by atoms with E-state index >= 15 is 0 Å². The van der Waals surface area contributed by atoms with Crippen molar-refractivity contribution < 1.29 is 62.2 Å². The van der Waals surface area contributed by atoms with Crippen LogP contribution in [-0.2, 0) is 32.0 Å². The molecule has 0 aromatic heterocycles. The van der Waals surface area contributed by atoms with Gasteiger partial charge in [0, 0.05) is 5.92 Å². The number of aliphatic hydroxyl groups excluding tert-OH is 4. The highest BCUT2D eigenvalue weighted by atomic mass is 31.2. The lowest BCUT2D eigenvalue weighted by atomic mass is 10.2. The predicted octanol–water partition coefficient (Wildman–Crippen LogP) is -0.999. The van der Waals surface area contributed by atoms with Crippen LogP contribution in [-0.4, -0.2) is 94.8 Å². The monoisotopic (exact) mass is 456 g/mol.